The van der Waals surface area contributed by atoms with Crippen LogP contribution in [-0.4, -0.2) is 51.7 Å². The van der Waals surface area contributed by atoms with E-state index in [2.05, 4.69) is 10.0 Å². The van der Waals surface area contributed by atoms with Crippen LogP contribution in [-0.2, 0) is 19.9 Å². The van der Waals surface area contributed by atoms with Gasteiger partial charge in [-0.1, -0.05) is 0 Å². The predicted molar refractivity (Wildman–Crippen MR) is 76.7 cm³/mol. The maximum Gasteiger partial charge on any atom is 0.214 e. The molecule has 0 radical (unpaired) electrons. The Morgan fingerprint density at radius 1 is 0.950 bits per heavy atom. The number of nitrogens with one attached hydrogen (secondary N) is 2. The van der Waals surface area contributed by atoms with Gasteiger partial charge in [0.05, 0.1) is 16.8 Å². The minimum Gasteiger partial charge on any atom is -0.311 e. The number of hydrogen-bond donors (Lipinski definition) is 2. The van der Waals surface area contributed by atoms with Crippen molar-refractivity contribution in [2.45, 2.75) is 61.9 Å². The molecule has 3 rings (SSSR count). The largest absolute Gasteiger partial charge is 0.311 e. The summed E-state index contributed by atoms with van der Waals surface area (Å²) in [5.41, 5.74) is 0. The summed E-state index contributed by atoms with van der Waals surface area (Å²) in [7, 11) is -6.41. The molecular formula is C12H22N2O4S2. The van der Waals surface area contributed by atoms with Crippen LogP contribution in [0.1, 0.15) is 38.5 Å². The van der Waals surface area contributed by atoms with Gasteiger partial charge in [0.2, 0.25) is 10.0 Å². The molecule has 2 bridgehead atoms. The van der Waals surface area contributed by atoms with Crippen LogP contribution in [0.15, 0.2) is 0 Å². The topological polar surface area (TPSA) is 92.3 Å². The highest BCUT2D eigenvalue weighted by Gasteiger charge is 2.38. The van der Waals surface area contributed by atoms with Crippen LogP contribution in [0.4, 0.5) is 0 Å². The van der Waals surface area contributed by atoms with E-state index in [1.807, 2.05) is 0 Å². The van der Waals surface area contributed by atoms with Gasteiger partial charge in [-0.3, -0.25) is 0 Å². The lowest BCUT2D eigenvalue weighted by Crippen LogP contribution is -2.50. The average Bonchev–Trinajstić information content (AvgIpc) is 2.67. The maximum absolute atomic E-state index is 12.4. The zero-order chi connectivity index (χ0) is 14.4. The summed E-state index contributed by atoms with van der Waals surface area (Å²) < 4.78 is 50.3. The fraction of sp³-hybridized carbons (Fsp3) is 1.00. The lowest BCUT2D eigenvalue weighted by molar-refractivity contribution is 0.344. The van der Waals surface area contributed by atoms with Gasteiger partial charge in [-0.2, -0.15) is 0 Å². The normalized spacial score (nSPS) is 37.9. The fourth-order valence-electron chi connectivity index (χ4n) is 3.66. The van der Waals surface area contributed by atoms with Crippen LogP contribution in [0, 0.1) is 0 Å². The number of piperidine rings is 1. The molecule has 0 aliphatic carbocycles. The van der Waals surface area contributed by atoms with E-state index in [4.69, 9.17) is 0 Å². The molecule has 20 heavy (non-hydrogen) atoms. The molecule has 6 nitrogen and oxygen atoms in total. The molecule has 0 aromatic rings. The minimum atomic E-state index is -3.39. The standard InChI is InChI=1S/C12H22N2O4S2/c15-19(16)5-3-12(4-6-19)20(17,18)14-11-7-9-1-2-10(8-11)13-9/h9-14H,1-8H2. The fourth-order valence-corrected chi connectivity index (χ4v) is 7.16. The van der Waals surface area contributed by atoms with Crippen LogP contribution >= 0.6 is 0 Å². The minimum absolute atomic E-state index is 0.00392. The number of hydrogen-bond acceptors (Lipinski definition) is 5. The lowest BCUT2D eigenvalue weighted by atomic mass is 10.0. The highest BCUT2D eigenvalue weighted by atomic mass is 32.2. The van der Waals surface area contributed by atoms with E-state index in [0.29, 0.717) is 12.1 Å². The molecule has 3 saturated heterocycles. The van der Waals surface area contributed by atoms with Gasteiger partial charge in [-0.05, 0) is 38.5 Å². The summed E-state index contributed by atoms with van der Waals surface area (Å²) in [4.78, 5) is 0. The van der Waals surface area contributed by atoms with Gasteiger partial charge in [-0.15, -0.1) is 0 Å². The highest BCUT2D eigenvalue weighted by molar-refractivity contribution is 7.92. The van der Waals surface area contributed by atoms with E-state index < -0.39 is 25.1 Å². The van der Waals surface area contributed by atoms with Crippen LogP contribution in [0.5, 0.6) is 0 Å². The molecule has 0 aromatic carbocycles. The molecule has 3 heterocycles. The first-order chi connectivity index (χ1) is 9.34. The molecule has 2 N–H and O–H groups in total. The molecular weight excluding hydrogens is 300 g/mol. The van der Waals surface area contributed by atoms with Crippen molar-refractivity contribution in [1.29, 1.82) is 0 Å². The monoisotopic (exact) mass is 322 g/mol. The van der Waals surface area contributed by atoms with Crippen molar-refractivity contribution in [3.8, 4) is 0 Å². The summed E-state index contributed by atoms with van der Waals surface area (Å²) in [5, 5.41) is 2.94. The Balaban J connectivity index is 1.61. The van der Waals surface area contributed by atoms with E-state index >= 15 is 0 Å². The van der Waals surface area contributed by atoms with Crippen molar-refractivity contribution in [2.24, 2.45) is 0 Å². The van der Waals surface area contributed by atoms with Gasteiger partial charge >= 0.3 is 0 Å². The number of sulfonamides is 1. The molecule has 3 fully saturated rings. The third-order valence-corrected chi connectivity index (χ3v) is 8.47. The van der Waals surface area contributed by atoms with E-state index in [0.717, 1.165) is 25.7 Å². The van der Waals surface area contributed by atoms with Crippen molar-refractivity contribution < 1.29 is 16.8 Å². The van der Waals surface area contributed by atoms with Gasteiger partial charge in [0.25, 0.3) is 0 Å². The Bertz CT molecular complexity index is 546. The summed E-state index contributed by atoms with van der Waals surface area (Å²) >= 11 is 0. The molecule has 2 atom stereocenters. The highest BCUT2D eigenvalue weighted by Crippen LogP contribution is 2.28. The molecule has 0 spiro atoms. The van der Waals surface area contributed by atoms with E-state index in [1.165, 1.54) is 0 Å². The maximum atomic E-state index is 12.4. The average molecular weight is 322 g/mol. The van der Waals surface area contributed by atoms with Gasteiger partial charge in [0.1, 0.15) is 9.84 Å². The van der Waals surface area contributed by atoms with Crippen LogP contribution in [0.25, 0.3) is 0 Å². The second kappa shape index (κ2) is 5.23. The van der Waals surface area contributed by atoms with Crippen LogP contribution in [0.2, 0.25) is 0 Å². The van der Waals surface area contributed by atoms with E-state index in [-0.39, 0.29) is 30.4 Å². The smallest absolute Gasteiger partial charge is 0.214 e. The Kier molecular flexibility index (Phi) is 3.85. The van der Waals surface area contributed by atoms with Gasteiger partial charge in [0, 0.05) is 18.1 Å². The molecule has 3 aliphatic heterocycles. The first-order valence-corrected chi connectivity index (χ1v) is 10.7. The second-order valence-corrected chi connectivity index (χ2v) is 10.6. The third kappa shape index (κ3) is 3.18. The Morgan fingerprint density at radius 2 is 1.50 bits per heavy atom. The lowest BCUT2D eigenvalue weighted by Gasteiger charge is -2.31. The van der Waals surface area contributed by atoms with Crippen molar-refractivity contribution in [1.82, 2.24) is 10.0 Å². The zero-order valence-corrected chi connectivity index (χ0v) is 13.0. The summed E-state index contributed by atoms with van der Waals surface area (Å²) in [6.45, 7) is 0. The predicted octanol–water partition coefficient (Wildman–Crippen LogP) is -0.234. The summed E-state index contributed by atoms with van der Waals surface area (Å²) in [6.07, 6.45) is 4.42. The first kappa shape index (κ1) is 14.7. The zero-order valence-electron chi connectivity index (χ0n) is 11.4. The van der Waals surface area contributed by atoms with E-state index in [1.54, 1.807) is 0 Å². The van der Waals surface area contributed by atoms with Crippen molar-refractivity contribution in [3.63, 3.8) is 0 Å². The summed E-state index contributed by atoms with van der Waals surface area (Å²) in [6, 6.07) is 0.888. The van der Waals surface area contributed by atoms with Crippen LogP contribution < -0.4 is 10.0 Å². The Hall–Kier alpha value is -0.180. The van der Waals surface area contributed by atoms with Crippen molar-refractivity contribution >= 4 is 19.9 Å². The third-order valence-electron chi connectivity index (χ3n) is 4.74. The van der Waals surface area contributed by atoms with Crippen LogP contribution in [0.3, 0.4) is 0 Å². The Labute approximate surface area is 120 Å². The number of rotatable bonds is 3. The Morgan fingerprint density at radius 3 is 2.05 bits per heavy atom. The number of sulfone groups is 1. The summed E-state index contributed by atoms with van der Waals surface area (Å²) in [5.74, 6) is -0.00784. The molecule has 0 saturated carbocycles. The van der Waals surface area contributed by atoms with E-state index in [9.17, 15) is 16.8 Å². The van der Waals surface area contributed by atoms with Gasteiger partial charge < -0.3 is 5.32 Å². The molecule has 3 aliphatic rings. The molecule has 116 valence electrons. The quantitative estimate of drug-likeness (QED) is 0.748. The van der Waals surface area contributed by atoms with Gasteiger partial charge in [-0.25, -0.2) is 21.6 Å². The SMILES string of the molecule is O=S1(=O)CCC(S(=O)(=O)NC2CC3CCC(C2)N3)CC1. The van der Waals surface area contributed by atoms with Gasteiger partial charge in [0.15, 0.2) is 0 Å². The second-order valence-electron chi connectivity index (χ2n) is 6.32. The van der Waals surface area contributed by atoms with Crippen molar-refractivity contribution in [2.75, 3.05) is 11.5 Å². The molecule has 0 amide bonds. The molecule has 0 aromatic heterocycles. The molecule has 2 unspecified atom stereocenters. The van der Waals surface area contributed by atoms with Crippen molar-refractivity contribution in [3.05, 3.63) is 0 Å². The first-order valence-electron chi connectivity index (χ1n) is 7.32. The number of fused-ring (bicyclic) bond motifs is 2. The molecule has 8 heteroatoms.